The van der Waals surface area contributed by atoms with Gasteiger partial charge in [0.1, 0.15) is 0 Å². The number of benzene rings is 1. The first kappa shape index (κ1) is 26.4. The van der Waals surface area contributed by atoms with Gasteiger partial charge in [-0.1, -0.05) is 50.5 Å². The van der Waals surface area contributed by atoms with Crippen molar-refractivity contribution < 1.29 is 14.3 Å². The molecule has 1 aromatic heterocycles. The number of nitrogens with zero attached hydrogens (tertiary/aromatic N) is 2. The highest BCUT2D eigenvalue weighted by molar-refractivity contribution is 7.10. The second-order valence-corrected chi connectivity index (χ2v) is 10.1. The van der Waals surface area contributed by atoms with Crippen LogP contribution in [0.4, 0.5) is 0 Å². The maximum Gasteiger partial charge on any atom is 0.242 e. The average molecular weight is 485 g/mol. The van der Waals surface area contributed by atoms with Gasteiger partial charge in [0.2, 0.25) is 11.8 Å². The molecule has 2 amide bonds. The average Bonchev–Trinajstić information content (AvgIpc) is 3.32. The van der Waals surface area contributed by atoms with Crippen molar-refractivity contribution in [2.45, 2.75) is 71.8 Å². The number of hydrogen-bond donors (Lipinski definition) is 0. The van der Waals surface area contributed by atoms with Crippen LogP contribution in [0.25, 0.3) is 0 Å². The minimum Gasteiger partial charge on any atom is -0.382 e. The van der Waals surface area contributed by atoms with Crippen LogP contribution in [0, 0.1) is 6.92 Å². The molecule has 1 aliphatic rings. The van der Waals surface area contributed by atoms with Crippen LogP contribution in [0.15, 0.2) is 35.7 Å². The Morgan fingerprint density at radius 3 is 2.68 bits per heavy atom. The molecule has 2 aromatic rings. The topological polar surface area (TPSA) is 49.9 Å². The number of hydrogen-bond acceptors (Lipinski definition) is 4. The first-order valence-electron chi connectivity index (χ1n) is 12.8. The molecule has 1 aliphatic heterocycles. The fraction of sp³-hybridized carbons (Fsp3) is 0.571. The van der Waals surface area contributed by atoms with Crippen LogP contribution in [0.1, 0.15) is 80.0 Å². The van der Waals surface area contributed by atoms with Gasteiger partial charge in [0, 0.05) is 37.6 Å². The van der Waals surface area contributed by atoms with Gasteiger partial charge in [-0.15, -0.1) is 11.3 Å². The number of aryl methyl sites for hydroxylation is 1. The molecule has 0 spiro atoms. The van der Waals surface area contributed by atoms with Crippen LogP contribution in [-0.2, 0) is 20.7 Å². The van der Waals surface area contributed by atoms with Gasteiger partial charge in [-0.2, -0.15) is 0 Å². The van der Waals surface area contributed by atoms with E-state index >= 15 is 0 Å². The van der Waals surface area contributed by atoms with Gasteiger partial charge in [0.05, 0.1) is 12.6 Å². The summed E-state index contributed by atoms with van der Waals surface area (Å²) in [6, 6.07) is 10.4. The fourth-order valence-corrected chi connectivity index (χ4v) is 5.63. The molecule has 1 aromatic carbocycles. The molecule has 0 saturated heterocycles. The van der Waals surface area contributed by atoms with Crippen LogP contribution in [-0.4, -0.2) is 54.5 Å². The van der Waals surface area contributed by atoms with E-state index in [4.69, 9.17) is 4.74 Å². The Balaban J connectivity index is 1.76. The number of carbonyl (C=O) groups is 2. The number of unbranched alkanes of at least 4 members (excludes halogenated alkanes) is 3. The monoisotopic (exact) mass is 484 g/mol. The Bertz CT molecular complexity index is 926. The smallest absolute Gasteiger partial charge is 0.242 e. The van der Waals surface area contributed by atoms with Crippen LogP contribution < -0.4 is 0 Å². The molecular weight excluding hydrogens is 444 g/mol. The summed E-state index contributed by atoms with van der Waals surface area (Å²) < 4.78 is 5.48. The van der Waals surface area contributed by atoms with E-state index in [1.165, 1.54) is 21.6 Å². The molecule has 0 N–H and O–H groups in total. The van der Waals surface area contributed by atoms with Gasteiger partial charge in [-0.3, -0.25) is 9.59 Å². The molecule has 6 heteroatoms. The summed E-state index contributed by atoms with van der Waals surface area (Å²) in [4.78, 5) is 31.9. The summed E-state index contributed by atoms with van der Waals surface area (Å²) >= 11 is 1.77. The molecule has 1 atom stereocenters. The van der Waals surface area contributed by atoms with E-state index in [9.17, 15) is 9.59 Å². The molecule has 5 nitrogen and oxygen atoms in total. The van der Waals surface area contributed by atoms with Crippen molar-refractivity contribution in [3.05, 3.63) is 57.3 Å². The van der Waals surface area contributed by atoms with Gasteiger partial charge in [0.25, 0.3) is 0 Å². The van der Waals surface area contributed by atoms with E-state index < -0.39 is 0 Å². The first-order valence-corrected chi connectivity index (χ1v) is 13.7. The molecule has 186 valence electrons. The lowest BCUT2D eigenvalue weighted by Crippen LogP contribution is -2.47. The lowest BCUT2D eigenvalue weighted by Gasteiger charge is -2.38. The number of thiophene rings is 1. The molecule has 0 aliphatic carbocycles. The van der Waals surface area contributed by atoms with Gasteiger partial charge in [-0.25, -0.2) is 0 Å². The standard InChI is InChI=1S/C28H40N2O3S/c1-4-6-7-8-14-26(31)29(17-11-19-33-5-2)21-27(32)30-18-15-25-24(16-20-34-25)28(30)23-13-10-9-12-22(23)3/h9-10,12-13,16,20,28H,4-8,11,14-15,17-19,21H2,1-3H3/t28-/m1/s1. The van der Waals surface area contributed by atoms with Gasteiger partial charge < -0.3 is 14.5 Å². The highest BCUT2D eigenvalue weighted by Crippen LogP contribution is 2.39. The zero-order valence-corrected chi connectivity index (χ0v) is 21.9. The van der Waals surface area contributed by atoms with Crippen molar-refractivity contribution in [1.82, 2.24) is 9.80 Å². The van der Waals surface area contributed by atoms with Crippen LogP contribution in [0.2, 0.25) is 0 Å². The normalized spacial score (nSPS) is 15.3. The van der Waals surface area contributed by atoms with Crippen LogP contribution >= 0.6 is 11.3 Å². The summed E-state index contributed by atoms with van der Waals surface area (Å²) in [6.07, 6.45) is 6.37. The fourth-order valence-electron chi connectivity index (χ4n) is 4.72. The quantitative estimate of drug-likeness (QED) is 0.340. The molecule has 0 saturated carbocycles. The maximum absolute atomic E-state index is 13.7. The predicted molar refractivity (Wildman–Crippen MR) is 139 cm³/mol. The summed E-state index contributed by atoms with van der Waals surface area (Å²) in [6.45, 7) is 8.91. The second kappa shape index (κ2) is 13.6. The minimum atomic E-state index is -0.0892. The van der Waals surface area contributed by atoms with Gasteiger partial charge in [0.15, 0.2) is 0 Å². The van der Waals surface area contributed by atoms with E-state index in [-0.39, 0.29) is 24.4 Å². The Morgan fingerprint density at radius 2 is 1.91 bits per heavy atom. The minimum absolute atomic E-state index is 0.0309. The number of ether oxygens (including phenoxy) is 1. The molecule has 0 fully saturated rings. The van der Waals surface area contributed by atoms with Crippen LogP contribution in [0.5, 0.6) is 0 Å². The summed E-state index contributed by atoms with van der Waals surface area (Å²) in [7, 11) is 0. The largest absolute Gasteiger partial charge is 0.382 e. The molecule has 2 heterocycles. The van der Waals surface area contributed by atoms with Crippen molar-refractivity contribution in [2.24, 2.45) is 0 Å². The van der Waals surface area contributed by atoms with Crippen molar-refractivity contribution in [2.75, 3.05) is 32.8 Å². The maximum atomic E-state index is 13.7. The zero-order valence-electron chi connectivity index (χ0n) is 21.1. The molecule has 0 radical (unpaired) electrons. The van der Waals surface area contributed by atoms with Crippen molar-refractivity contribution in [3.63, 3.8) is 0 Å². The molecule has 0 bridgehead atoms. The molecule has 34 heavy (non-hydrogen) atoms. The molecular formula is C28H40N2O3S. The van der Waals surface area contributed by atoms with Crippen molar-refractivity contribution in [1.29, 1.82) is 0 Å². The van der Waals surface area contributed by atoms with E-state index in [0.29, 0.717) is 32.7 Å². The van der Waals surface area contributed by atoms with E-state index in [0.717, 1.165) is 38.5 Å². The predicted octanol–water partition coefficient (Wildman–Crippen LogP) is 5.76. The number of amides is 2. The Kier molecular flexibility index (Phi) is 10.6. The third-order valence-corrected chi connectivity index (χ3v) is 7.61. The Labute approximate surface area is 209 Å². The van der Waals surface area contributed by atoms with Gasteiger partial charge in [-0.05, 0) is 61.2 Å². The zero-order chi connectivity index (χ0) is 24.3. The second-order valence-electron chi connectivity index (χ2n) is 9.07. The highest BCUT2D eigenvalue weighted by atomic mass is 32.1. The Hall–Kier alpha value is -2.18. The van der Waals surface area contributed by atoms with Crippen molar-refractivity contribution >= 4 is 23.2 Å². The van der Waals surface area contributed by atoms with E-state index in [2.05, 4.69) is 37.4 Å². The summed E-state index contributed by atoms with van der Waals surface area (Å²) in [5, 5.41) is 2.13. The third-order valence-electron chi connectivity index (χ3n) is 6.61. The number of fused-ring (bicyclic) bond motifs is 1. The SMILES string of the molecule is CCCCCCC(=O)N(CCCOCC)CC(=O)N1CCc2sccc2[C@H]1c1ccccc1C. The summed E-state index contributed by atoms with van der Waals surface area (Å²) in [5.41, 5.74) is 3.58. The molecule has 0 unspecified atom stereocenters. The third kappa shape index (κ3) is 6.92. The van der Waals surface area contributed by atoms with Crippen molar-refractivity contribution in [3.8, 4) is 0 Å². The number of carbonyl (C=O) groups excluding carboxylic acids is 2. The lowest BCUT2D eigenvalue weighted by molar-refractivity contribution is -0.142. The van der Waals surface area contributed by atoms with Gasteiger partial charge >= 0.3 is 0 Å². The van der Waals surface area contributed by atoms with E-state index in [1.54, 1.807) is 16.2 Å². The highest BCUT2D eigenvalue weighted by Gasteiger charge is 2.34. The molecule has 3 rings (SSSR count). The summed E-state index contributed by atoms with van der Waals surface area (Å²) in [5.74, 6) is 0.116. The first-order chi connectivity index (χ1) is 16.6. The van der Waals surface area contributed by atoms with Crippen LogP contribution in [0.3, 0.4) is 0 Å². The van der Waals surface area contributed by atoms with E-state index in [1.807, 2.05) is 24.0 Å². The Morgan fingerprint density at radius 1 is 1.09 bits per heavy atom. The number of rotatable bonds is 13. The lowest BCUT2D eigenvalue weighted by atomic mass is 9.90.